The number of amides is 2. The summed E-state index contributed by atoms with van der Waals surface area (Å²) in [5.41, 5.74) is -0.892. The summed E-state index contributed by atoms with van der Waals surface area (Å²) in [6.07, 6.45) is 3.62. The molecule has 19 heavy (non-hydrogen) atoms. The van der Waals surface area contributed by atoms with Crippen molar-refractivity contribution in [1.82, 2.24) is 10.6 Å². The van der Waals surface area contributed by atoms with Gasteiger partial charge in [-0.2, -0.15) is 0 Å². The van der Waals surface area contributed by atoms with Gasteiger partial charge in [0.15, 0.2) is 0 Å². The Kier molecular flexibility index (Phi) is 5.34. The largest absolute Gasteiger partial charge is 0.481 e. The number of carbonyl (C=O) groups excluding carboxylic acids is 1. The number of rotatable bonds is 5. The highest BCUT2D eigenvalue weighted by atomic mass is 32.2. The van der Waals surface area contributed by atoms with Gasteiger partial charge >= 0.3 is 12.0 Å². The molecule has 1 saturated carbocycles. The Morgan fingerprint density at radius 1 is 1.53 bits per heavy atom. The average Bonchev–Trinajstić information content (AvgIpc) is 2.69. The molecule has 110 valence electrons. The number of hydrogen-bond acceptors (Lipinski definition) is 3. The standard InChI is InChI=1S/C12H22N2O4S/c1-8(19(3)18)7-13-11(17)14-9-5-4-6-12(9,2)10(15)16/h8-9H,4-7H2,1-3H3,(H,15,16)(H2,13,14,17). The van der Waals surface area contributed by atoms with E-state index in [4.69, 9.17) is 0 Å². The summed E-state index contributed by atoms with van der Waals surface area (Å²) in [6.45, 7) is 3.76. The van der Waals surface area contributed by atoms with Crippen LogP contribution in [-0.4, -0.2) is 45.4 Å². The molecule has 6 nitrogen and oxygen atoms in total. The molecule has 7 heteroatoms. The Balaban J connectivity index is 2.48. The molecule has 0 aromatic rings. The van der Waals surface area contributed by atoms with Crippen molar-refractivity contribution < 1.29 is 18.9 Å². The molecule has 0 aromatic heterocycles. The second-order valence-corrected chi connectivity index (χ2v) is 7.13. The maximum absolute atomic E-state index is 11.7. The minimum atomic E-state index is -0.990. The molecule has 0 bridgehead atoms. The first kappa shape index (κ1) is 15.9. The van der Waals surface area contributed by atoms with Crippen LogP contribution in [0.15, 0.2) is 0 Å². The smallest absolute Gasteiger partial charge is 0.315 e. The van der Waals surface area contributed by atoms with Gasteiger partial charge in [0.25, 0.3) is 0 Å². The number of carbonyl (C=O) groups is 2. The summed E-state index contributed by atoms with van der Waals surface area (Å²) in [6, 6.07) is -0.746. The minimum absolute atomic E-state index is 0.125. The fourth-order valence-corrected chi connectivity index (χ4v) is 2.53. The van der Waals surface area contributed by atoms with Crippen LogP contribution in [-0.2, 0) is 15.6 Å². The van der Waals surface area contributed by atoms with Crippen LogP contribution < -0.4 is 10.6 Å². The van der Waals surface area contributed by atoms with Gasteiger partial charge in [-0.25, -0.2) is 4.79 Å². The zero-order valence-corrected chi connectivity index (χ0v) is 12.4. The second-order valence-electron chi connectivity index (χ2n) is 5.33. The van der Waals surface area contributed by atoms with E-state index in [9.17, 15) is 18.9 Å². The summed E-state index contributed by atoms with van der Waals surface area (Å²) < 4.78 is 11.2. The fourth-order valence-electron chi connectivity index (χ4n) is 2.22. The monoisotopic (exact) mass is 290 g/mol. The Morgan fingerprint density at radius 2 is 2.16 bits per heavy atom. The first-order valence-electron chi connectivity index (χ1n) is 6.37. The minimum Gasteiger partial charge on any atom is -0.481 e. The lowest BCUT2D eigenvalue weighted by Crippen LogP contribution is -2.51. The molecule has 0 heterocycles. The summed E-state index contributed by atoms with van der Waals surface area (Å²) in [7, 11) is -0.990. The van der Waals surface area contributed by atoms with E-state index in [1.54, 1.807) is 20.1 Å². The van der Waals surface area contributed by atoms with Gasteiger partial charge in [0.2, 0.25) is 0 Å². The van der Waals surface area contributed by atoms with Crippen LogP contribution in [0, 0.1) is 5.41 Å². The third-order valence-corrected chi connectivity index (χ3v) is 5.17. The van der Waals surface area contributed by atoms with E-state index in [1.165, 1.54) is 0 Å². The number of carboxylic acid groups (broad SMARTS) is 1. The molecular weight excluding hydrogens is 268 g/mol. The number of urea groups is 1. The molecule has 1 rings (SSSR count). The zero-order valence-electron chi connectivity index (χ0n) is 11.6. The van der Waals surface area contributed by atoms with Gasteiger partial charge in [-0.05, 0) is 26.7 Å². The number of aliphatic carboxylic acids is 1. The lowest BCUT2D eigenvalue weighted by atomic mass is 9.85. The van der Waals surface area contributed by atoms with Gasteiger partial charge in [0, 0.05) is 34.9 Å². The van der Waals surface area contributed by atoms with E-state index >= 15 is 0 Å². The zero-order chi connectivity index (χ0) is 14.6. The predicted octanol–water partition coefficient (Wildman–Crippen LogP) is 0.696. The first-order chi connectivity index (χ1) is 8.77. The molecule has 3 N–H and O–H groups in total. The van der Waals surface area contributed by atoms with Crippen LogP contribution in [0.3, 0.4) is 0 Å². The van der Waals surface area contributed by atoms with Crippen LogP contribution in [0.5, 0.6) is 0 Å². The van der Waals surface area contributed by atoms with E-state index in [2.05, 4.69) is 10.6 Å². The fraction of sp³-hybridized carbons (Fsp3) is 0.833. The van der Waals surface area contributed by atoms with Crippen molar-refractivity contribution in [1.29, 1.82) is 0 Å². The predicted molar refractivity (Wildman–Crippen MR) is 73.4 cm³/mol. The van der Waals surface area contributed by atoms with E-state index in [0.29, 0.717) is 19.4 Å². The number of carboxylic acids is 1. The normalized spacial score (nSPS) is 29.5. The second kappa shape index (κ2) is 6.36. The topological polar surface area (TPSA) is 95.5 Å². The Labute approximate surface area is 115 Å². The highest BCUT2D eigenvalue weighted by molar-refractivity contribution is 7.84. The lowest BCUT2D eigenvalue weighted by Gasteiger charge is -2.27. The van der Waals surface area contributed by atoms with Gasteiger partial charge < -0.3 is 15.7 Å². The SMILES string of the molecule is CC(CNC(=O)NC1CCCC1(C)C(=O)O)S(C)=O. The van der Waals surface area contributed by atoms with Gasteiger partial charge in [-0.1, -0.05) is 6.42 Å². The van der Waals surface area contributed by atoms with E-state index in [0.717, 1.165) is 6.42 Å². The highest BCUT2D eigenvalue weighted by Crippen LogP contribution is 2.38. The summed E-state index contributed by atoms with van der Waals surface area (Å²) in [4.78, 5) is 23.0. The van der Waals surface area contributed by atoms with Gasteiger partial charge in [-0.15, -0.1) is 0 Å². The van der Waals surface area contributed by atoms with Crippen molar-refractivity contribution >= 4 is 22.8 Å². The van der Waals surface area contributed by atoms with Crippen LogP contribution in [0.1, 0.15) is 33.1 Å². The van der Waals surface area contributed by atoms with Crippen molar-refractivity contribution in [3.63, 3.8) is 0 Å². The third kappa shape index (κ3) is 3.92. The molecule has 4 unspecified atom stereocenters. The maximum Gasteiger partial charge on any atom is 0.315 e. The van der Waals surface area contributed by atoms with E-state index in [-0.39, 0.29) is 11.3 Å². The molecule has 1 aliphatic carbocycles. The van der Waals surface area contributed by atoms with Crippen LogP contribution in [0.2, 0.25) is 0 Å². The van der Waals surface area contributed by atoms with Crippen LogP contribution in [0.25, 0.3) is 0 Å². The highest BCUT2D eigenvalue weighted by Gasteiger charge is 2.45. The molecule has 4 atom stereocenters. The lowest BCUT2D eigenvalue weighted by molar-refractivity contribution is -0.148. The Hall–Kier alpha value is -1.11. The summed E-state index contributed by atoms with van der Waals surface area (Å²) >= 11 is 0. The first-order valence-corrected chi connectivity index (χ1v) is 7.99. The van der Waals surface area contributed by atoms with Crippen molar-refractivity contribution in [3.05, 3.63) is 0 Å². The molecule has 1 aliphatic rings. The van der Waals surface area contributed by atoms with Crippen molar-refractivity contribution in [2.45, 2.75) is 44.4 Å². The van der Waals surface area contributed by atoms with E-state index in [1.807, 2.05) is 0 Å². The molecule has 2 amide bonds. The van der Waals surface area contributed by atoms with Crippen LogP contribution >= 0.6 is 0 Å². The molecule has 0 aliphatic heterocycles. The van der Waals surface area contributed by atoms with Crippen molar-refractivity contribution in [2.24, 2.45) is 5.41 Å². The quantitative estimate of drug-likeness (QED) is 0.694. The van der Waals surface area contributed by atoms with Gasteiger partial charge in [-0.3, -0.25) is 9.00 Å². The number of nitrogens with one attached hydrogen (secondary N) is 2. The summed E-state index contributed by atoms with van der Waals surface area (Å²) in [5.74, 6) is -0.877. The molecule has 0 spiro atoms. The Morgan fingerprint density at radius 3 is 2.68 bits per heavy atom. The number of hydrogen-bond donors (Lipinski definition) is 3. The average molecular weight is 290 g/mol. The van der Waals surface area contributed by atoms with Gasteiger partial charge in [0.1, 0.15) is 0 Å². The van der Waals surface area contributed by atoms with Crippen molar-refractivity contribution in [2.75, 3.05) is 12.8 Å². The molecule has 1 fully saturated rings. The third-order valence-electron chi connectivity index (χ3n) is 3.87. The molecule has 0 aromatic carbocycles. The van der Waals surface area contributed by atoms with Crippen LogP contribution in [0.4, 0.5) is 4.79 Å². The Bertz CT molecular complexity index is 388. The van der Waals surface area contributed by atoms with Crippen molar-refractivity contribution in [3.8, 4) is 0 Å². The molecular formula is C12H22N2O4S. The summed E-state index contributed by atoms with van der Waals surface area (Å²) in [5, 5.41) is 14.5. The molecule has 0 radical (unpaired) electrons. The molecule has 0 saturated heterocycles. The van der Waals surface area contributed by atoms with Gasteiger partial charge in [0.05, 0.1) is 5.41 Å². The maximum atomic E-state index is 11.7. The van der Waals surface area contributed by atoms with E-state index < -0.39 is 28.2 Å².